The Bertz CT molecular complexity index is 838. The van der Waals surface area contributed by atoms with Crippen molar-refractivity contribution in [2.24, 2.45) is 0 Å². The van der Waals surface area contributed by atoms with E-state index in [1.54, 1.807) is 6.07 Å². The highest BCUT2D eigenvalue weighted by Gasteiger charge is 2.22. The zero-order valence-corrected chi connectivity index (χ0v) is 13.6. The SMILES string of the molecule is COc1cc(OC)cc(S(=O)(=O)c2ccc([N+](=O)[O-])c(C)c2)c1. The fourth-order valence-electron chi connectivity index (χ4n) is 2.07. The second kappa shape index (κ2) is 6.25. The van der Waals surface area contributed by atoms with Crippen LogP contribution < -0.4 is 9.47 Å². The van der Waals surface area contributed by atoms with Crippen LogP contribution in [-0.2, 0) is 9.84 Å². The van der Waals surface area contributed by atoms with Crippen LogP contribution in [0.4, 0.5) is 5.69 Å². The first-order valence-electron chi connectivity index (χ1n) is 6.53. The number of nitrogens with zero attached hydrogens (tertiary/aromatic N) is 1. The minimum absolute atomic E-state index is 0.0121. The van der Waals surface area contributed by atoms with Crippen molar-refractivity contribution < 1.29 is 22.8 Å². The summed E-state index contributed by atoms with van der Waals surface area (Å²) < 4.78 is 35.6. The van der Waals surface area contributed by atoms with Crippen LogP contribution in [0.1, 0.15) is 5.56 Å². The molecule has 2 rings (SSSR count). The molecule has 122 valence electrons. The fraction of sp³-hybridized carbons (Fsp3) is 0.200. The average molecular weight is 337 g/mol. The van der Waals surface area contributed by atoms with Crippen molar-refractivity contribution in [3.63, 3.8) is 0 Å². The van der Waals surface area contributed by atoms with Crippen molar-refractivity contribution in [1.29, 1.82) is 0 Å². The van der Waals surface area contributed by atoms with Crippen LogP contribution in [0, 0.1) is 17.0 Å². The molecule has 0 saturated carbocycles. The molecule has 0 heterocycles. The lowest BCUT2D eigenvalue weighted by Crippen LogP contribution is -2.04. The number of nitro groups is 1. The summed E-state index contributed by atoms with van der Waals surface area (Å²) in [5.74, 6) is 0.670. The van der Waals surface area contributed by atoms with Gasteiger partial charge in [-0.2, -0.15) is 0 Å². The maximum absolute atomic E-state index is 12.7. The Morgan fingerprint density at radius 3 is 1.96 bits per heavy atom. The van der Waals surface area contributed by atoms with Crippen molar-refractivity contribution >= 4 is 15.5 Å². The summed E-state index contributed by atoms with van der Waals surface area (Å²) >= 11 is 0. The summed E-state index contributed by atoms with van der Waals surface area (Å²) in [6.45, 7) is 1.49. The van der Waals surface area contributed by atoms with Crippen LogP contribution in [0.15, 0.2) is 46.2 Å². The maximum atomic E-state index is 12.7. The molecule has 0 aromatic heterocycles. The number of sulfone groups is 1. The number of nitro benzene ring substituents is 1. The zero-order valence-electron chi connectivity index (χ0n) is 12.8. The minimum atomic E-state index is -3.85. The highest BCUT2D eigenvalue weighted by atomic mass is 32.2. The summed E-state index contributed by atoms with van der Waals surface area (Å²) in [6, 6.07) is 7.97. The Kier molecular flexibility index (Phi) is 4.55. The van der Waals surface area contributed by atoms with Gasteiger partial charge >= 0.3 is 0 Å². The van der Waals surface area contributed by atoms with Gasteiger partial charge in [0.05, 0.1) is 28.9 Å². The van der Waals surface area contributed by atoms with Gasteiger partial charge in [-0.25, -0.2) is 8.42 Å². The largest absolute Gasteiger partial charge is 0.497 e. The van der Waals surface area contributed by atoms with E-state index in [-0.39, 0.29) is 21.0 Å². The molecule has 0 aliphatic rings. The van der Waals surface area contributed by atoms with Crippen LogP contribution in [0.2, 0.25) is 0 Å². The van der Waals surface area contributed by atoms with Gasteiger partial charge < -0.3 is 9.47 Å². The van der Waals surface area contributed by atoms with Crippen LogP contribution >= 0.6 is 0 Å². The predicted octanol–water partition coefficient (Wildman–Crippen LogP) is 2.75. The summed E-state index contributed by atoms with van der Waals surface area (Å²) in [5, 5.41) is 10.8. The molecule has 2 aromatic rings. The summed E-state index contributed by atoms with van der Waals surface area (Å²) in [6.07, 6.45) is 0. The third-order valence-corrected chi connectivity index (χ3v) is 5.04. The molecule has 7 nitrogen and oxygen atoms in total. The van der Waals surface area contributed by atoms with Gasteiger partial charge in [0.25, 0.3) is 5.69 Å². The predicted molar refractivity (Wildman–Crippen MR) is 82.8 cm³/mol. The molecule has 0 bridgehead atoms. The molecule has 0 unspecified atom stereocenters. The molecule has 23 heavy (non-hydrogen) atoms. The number of hydrogen-bond acceptors (Lipinski definition) is 6. The van der Waals surface area contributed by atoms with Gasteiger partial charge in [0.15, 0.2) is 0 Å². The number of methoxy groups -OCH3 is 2. The lowest BCUT2D eigenvalue weighted by atomic mass is 10.2. The second-order valence-electron chi connectivity index (χ2n) is 4.76. The van der Waals surface area contributed by atoms with E-state index in [1.165, 1.54) is 51.5 Å². The van der Waals surface area contributed by atoms with Gasteiger partial charge in [-0.1, -0.05) is 0 Å². The van der Waals surface area contributed by atoms with Gasteiger partial charge in [-0.05, 0) is 31.2 Å². The maximum Gasteiger partial charge on any atom is 0.272 e. The van der Waals surface area contributed by atoms with E-state index in [2.05, 4.69) is 0 Å². The van der Waals surface area contributed by atoms with Crippen molar-refractivity contribution in [3.05, 3.63) is 52.1 Å². The molecule has 0 saturated heterocycles. The molecule has 0 fully saturated rings. The molecule has 0 aliphatic carbocycles. The van der Waals surface area contributed by atoms with Gasteiger partial charge in [0, 0.05) is 17.7 Å². The lowest BCUT2D eigenvalue weighted by molar-refractivity contribution is -0.385. The van der Waals surface area contributed by atoms with E-state index in [0.717, 1.165) is 0 Å². The molecule has 8 heteroatoms. The van der Waals surface area contributed by atoms with Crippen molar-refractivity contribution in [2.45, 2.75) is 16.7 Å². The molecule has 0 N–H and O–H groups in total. The first-order valence-corrected chi connectivity index (χ1v) is 8.01. The number of aryl methyl sites for hydroxylation is 1. The molecule has 0 radical (unpaired) electrons. The third-order valence-electron chi connectivity index (χ3n) is 3.31. The molecule has 2 aromatic carbocycles. The number of ether oxygens (including phenoxy) is 2. The Balaban J connectivity index is 2.58. The normalized spacial score (nSPS) is 11.1. The molecular formula is C15H15NO6S. The Morgan fingerprint density at radius 1 is 0.957 bits per heavy atom. The highest BCUT2D eigenvalue weighted by molar-refractivity contribution is 7.91. The Morgan fingerprint density at radius 2 is 1.52 bits per heavy atom. The summed E-state index contributed by atoms with van der Waals surface area (Å²) in [5.41, 5.74) is 0.137. The molecule has 0 aliphatic heterocycles. The van der Waals surface area contributed by atoms with E-state index < -0.39 is 14.8 Å². The van der Waals surface area contributed by atoms with Crippen LogP contribution in [-0.4, -0.2) is 27.6 Å². The molecule has 0 amide bonds. The van der Waals surface area contributed by atoms with Crippen LogP contribution in [0.25, 0.3) is 0 Å². The highest BCUT2D eigenvalue weighted by Crippen LogP contribution is 2.31. The molecule has 0 spiro atoms. The van der Waals surface area contributed by atoms with Crippen molar-refractivity contribution in [3.8, 4) is 11.5 Å². The Labute approximate surface area is 133 Å². The van der Waals surface area contributed by atoms with E-state index in [0.29, 0.717) is 11.5 Å². The fourth-order valence-corrected chi connectivity index (χ4v) is 3.47. The first kappa shape index (κ1) is 16.8. The topological polar surface area (TPSA) is 95.7 Å². The van der Waals surface area contributed by atoms with Gasteiger partial charge in [0.1, 0.15) is 11.5 Å². The monoisotopic (exact) mass is 337 g/mol. The van der Waals surface area contributed by atoms with Crippen LogP contribution in [0.3, 0.4) is 0 Å². The molecule has 0 atom stereocenters. The smallest absolute Gasteiger partial charge is 0.272 e. The standard InChI is InChI=1S/C15H15NO6S/c1-10-6-13(4-5-15(10)16(17)18)23(19,20)14-8-11(21-2)7-12(9-14)22-3/h4-9H,1-3H3. The second-order valence-corrected chi connectivity index (χ2v) is 6.71. The van der Waals surface area contributed by atoms with Gasteiger partial charge in [-0.15, -0.1) is 0 Å². The van der Waals surface area contributed by atoms with Crippen molar-refractivity contribution in [1.82, 2.24) is 0 Å². The molecular weight excluding hydrogens is 322 g/mol. The average Bonchev–Trinajstić information content (AvgIpc) is 2.53. The van der Waals surface area contributed by atoms with Crippen molar-refractivity contribution in [2.75, 3.05) is 14.2 Å². The first-order chi connectivity index (χ1) is 10.8. The summed E-state index contributed by atoms with van der Waals surface area (Å²) in [7, 11) is -1.02. The van der Waals surface area contributed by atoms with E-state index in [1.807, 2.05) is 0 Å². The quantitative estimate of drug-likeness (QED) is 0.615. The minimum Gasteiger partial charge on any atom is -0.497 e. The van der Waals surface area contributed by atoms with Gasteiger partial charge in [0.2, 0.25) is 9.84 Å². The van der Waals surface area contributed by atoms with E-state index in [4.69, 9.17) is 9.47 Å². The lowest BCUT2D eigenvalue weighted by Gasteiger charge is -2.10. The number of benzene rings is 2. The van der Waals surface area contributed by atoms with Gasteiger partial charge in [-0.3, -0.25) is 10.1 Å². The zero-order chi connectivity index (χ0) is 17.2. The number of rotatable bonds is 5. The third kappa shape index (κ3) is 3.26. The van der Waals surface area contributed by atoms with E-state index >= 15 is 0 Å². The summed E-state index contributed by atoms with van der Waals surface area (Å²) in [4.78, 5) is 10.2. The van der Waals surface area contributed by atoms with E-state index in [9.17, 15) is 18.5 Å². The van der Waals surface area contributed by atoms with Crippen LogP contribution in [0.5, 0.6) is 11.5 Å². The Hall–Kier alpha value is -2.61. The number of hydrogen-bond donors (Lipinski definition) is 0.